The quantitative estimate of drug-likeness (QED) is 0.749. The topological polar surface area (TPSA) is 35.2 Å². The van der Waals surface area contributed by atoms with E-state index in [1.165, 1.54) is 0 Å². The lowest BCUT2D eigenvalue weighted by Crippen LogP contribution is -2.41. The lowest BCUT2D eigenvalue weighted by atomic mass is 10.1. The van der Waals surface area contributed by atoms with Gasteiger partial charge in [0, 0.05) is 6.54 Å². The van der Waals surface area contributed by atoms with Gasteiger partial charge in [0.25, 0.3) is 0 Å². The third-order valence-corrected chi connectivity index (χ3v) is 2.74. The summed E-state index contributed by atoms with van der Waals surface area (Å²) in [5.41, 5.74) is 5.07. The van der Waals surface area contributed by atoms with Crippen molar-refractivity contribution in [1.29, 1.82) is 0 Å². The molecular formula is C10H18F3NO. The number of nitrogens with two attached hydrogens (primary N) is 1. The average molecular weight is 225 g/mol. The predicted molar refractivity (Wildman–Crippen MR) is 51.5 cm³/mol. The summed E-state index contributed by atoms with van der Waals surface area (Å²) in [6.45, 7) is -0.486. The van der Waals surface area contributed by atoms with Crippen molar-refractivity contribution in [2.75, 3.05) is 6.54 Å². The maximum absolute atomic E-state index is 12.4. The number of hydrogen-bond acceptors (Lipinski definition) is 2. The van der Waals surface area contributed by atoms with Gasteiger partial charge in [-0.2, -0.15) is 13.2 Å². The first kappa shape index (κ1) is 12.8. The maximum atomic E-state index is 12.4. The van der Waals surface area contributed by atoms with Gasteiger partial charge in [0.2, 0.25) is 0 Å². The van der Waals surface area contributed by atoms with Gasteiger partial charge < -0.3 is 10.5 Å². The Morgan fingerprint density at radius 1 is 1.13 bits per heavy atom. The summed E-state index contributed by atoms with van der Waals surface area (Å²) >= 11 is 0. The molecule has 2 N–H and O–H groups in total. The second kappa shape index (κ2) is 5.70. The van der Waals surface area contributed by atoms with E-state index in [4.69, 9.17) is 10.5 Å². The Bertz CT molecular complexity index is 176. The Kier molecular flexibility index (Phi) is 4.86. The van der Waals surface area contributed by atoms with Crippen molar-refractivity contribution in [3.63, 3.8) is 0 Å². The molecule has 0 spiro atoms. The highest BCUT2D eigenvalue weighted by Crippen LogP contribution is 2.27. The predicted octanol–water partition coefficient (Wildman–Crippen LogP) is 2.62. The summed E-state index contributed by atoms with van der Waals surface area (Å²) in [6.07, 6.45) is -0.818. The van der Waals surface area contributed by atoms with Gasteiger partial charge in [-0.1, -0.05) is 25.7 Å². The van der Waals surface area contributed by atoms with Crippen molar-refractivity contribution >= 4 is 0 Å². The van der Waals surface area contributed by atoms with E-state index < -0.39 is 18.8 Å². The van der Waals surface area contributed by atoms with Gasteiger partial charge in [0.1, 0.15) is 0 Å². The van der Waals surface area contributed by atoms with Gasteiger partial charge in [-0.3, -0.25) is 0 Å². The van der Waals surface area contributed by atoms with Crippen LogP contribution in [-0.2, 0) is 4.74 Å². The molecule has 0 amide bonds. The van der Waals surface area contributed by atoms with Crippen LogP contribution in [-0.4, -0.2) is 24.9 Å². The smallest absolute Gasteiger partial charge is 0.364 e. The molecule has 2 nitrogen and oxygen atoms in total. The van der Waals surface area contributed by atoms with Gasteiger partial charge in [-0.05, 0) is 12.8 Å². The molecule has 1 aliphatic carbocycles. The van der Waals surface area contributed by atoms with Crippen LogP contribution in [0.2, 0.25) is 0 Å². The largest absolute Gasteiger partial charge is 0.415 e. The van der Waals surface area contributed by atoms with Crippen molar-refractivity contribution in [2.24, 2.45) is 5.73 Å². The Labute approximate surface area is 88.0 Å². The molecule has 15 heavy (non-hydrogen) atoms. The van der Waals surface area contributed by atoms with E-state index in [1.807, 2.05) is 0 Å². The van der Waals surface area contributed by atoms with Crippen LogP contribution >= 0.6 is 0 Å². The van der Waals surface area contributed by atoms with E-state index in [0.29, 0.717) is 0 Å². The molecule has 1 atom stereocenters. The van der Waals surface area contributed by atoms with Crippen molar-refractivity contribution in [3.05, 3.63) is 0 Å². The molecule has 1 saturated carbocycles. The van der Waals surface area contributed by atoms with E-state index in [2.05, 4.69) is 0 Å². The van der Waals surface area contributed by atoms with Gasteiger partial charge >= 0.3 is 6.18 Å². The zero-order valence-electron chi connectivity index (χ0n) is 8.72. The van der Waals surface area contributed by atoms with Crippen molar-refractivity contribution in [2.45, 2.75) is 56.9 Å². The first-order valence-electron chi connectivity index (χ1n) is 5.46. The standard InChI is InChI=1S/C10H18F3NO/c11-10(12,13)9(7-14)15-8-5-3-1-2-4-6-8/h8-9H,1-7,14H2. The first-order valence-corrected chi connectivity index (χ1v) is 5.46. The molecule has 0 heterocycles. The Morgan fingerprint density at radius 3 is 2.07 bits per heavy atom. The molecule has 0 aromatic carbocycles. The fraction of sp³-hybridized carbons (Fsp3) is 1.00. The molecule has 0 bridgehead atoms. The van der Waals surface area contributed by atoms with E-state index in [9.17, 15) is 13.2 Å². The van der Waals surface area contributed by atoms with Crippen LogP contribution in [0.25, 0.3) is 0 Å². The molecular weight excluding hydrogens is 207 g/mol. The van der Waals surface area contributed by atoms with Crippen molar-refractivity contribution in [3.8, 4) is 0 Å². The molecule has 0 aliphatic heterocycles. The average Bonchev–Trinajstić information content (AvgIpc) is 2.40. The monoisotopic (exact) mass is 225 g/mol. The van der Waals surface area contributed by atoms with Crippen LogP contribution in [0.4, 0.5) is 13.2 Å². The molecule has 0 saturated heterocycles. The minimum absolute atomic E-state index is 0.261. The van der Waals surface area contributed by atoms with E-state index in [0.717, 1.165) is 38.5 Å². The van der Waals surface area contributed by atoms with Gasteiger partial charge in [-0.25, -0.2) is 0 Å². The van der Waals surface area contributed by atoms with Gasteiger partial charge in [0.15, 0.2) is 6.10 Å². The zero-order chi connectivity index (χ0) is 11.3. The van der Waals surface area contributed by atoms with Crippen LogP contribution in [0.3, 0.4) is 0 Å². The third kappa shape index (κ3) is 4.38. The van der Waals surface area contributed by atoms with Crippen molar-refractivity contribution in [1.82, 2.24) is 0 Å². The van der Waals surface area contributed by atoms with Crippen LogP contribution in [0.1, 0.15) is 38.5 Å². The fourth-order valence-electron chi connectivity index (χ4n) is 1.88. The molecule has 90 valence electrons. The maximum Gasteiger partial charge on any atom is 0.415 e. The molecule has 0 radical (unpaired) electrons. The van der Waals surface area contributed by atoms with Crippen LogP contribution in [0.5, 0.6) is 0 Å². The number of hydrogen-bond donors (Lipinski definition) is 1. The first-order chi connectivity index (χ1) is 7.04. The SMILES string of the molecule is NCC(OC1CCCCCC1)C(F)(F)F. The molecule has 1 unspecified atom stereocenters. The summed E-state index contributed by atoms with van der Waals surface area (Å²) in [5, 5.41) is 0. The lowest BCUT2D eigenvalue weighted by molar-refractivity contribution is -0.230. The van der Waals surface area contributed by atoms with E-state index >= 15 is 0 Å². The highest BCUT2D eigenvalue weighted by atomic mass is 19.4. The second-order valence-corrected chi connectivity index (χ2v) is 4.02. The normalized spacial score (nSPS) is 22.4. The Balaban J connectivity index is 2.42. The van der Waals surface area contributed by atoms with E-state index in [-0.39, 0.29) is 6.10 Å². The van der Waals surface area contributed by atoms with Crippen LogP contribution < -0.4 is 5.73 Å². The van der Waals surface area contributed by atoms with Gasteiger partial charge in [-0.15, -0.1) is 0 Å². The van der Waals surface area contributed by atoms with Crippen molar-refractivity contribution < 1.29 is 17.9 Å². The van der Waals surface area contributed by atoms with Crippen LogP contribution in [0, 0.1) is 0 Å². The highest BCUT2D eigenvalue weighted by molar-refractivity contribution is 4.73. The summed E-state index contributed by atoms with van der Waals surface area (Å²) in [7, 11) is 0. The molecule has 5 heteroatoms. The minimum Gasteiger partial charge on any atom is -0.364 e. The fourth-order valence-corrected chi connectivity index (χ4v) is 1.88. The molecule has 1 fully saturated rings. The summed E-state index contributed by atoms with van der Waals surface area (Å²) in [4.78, 5) is 0. The zero-order valence-corrected chi connectivity index (χ0v) is 8.72. The summed E-state index contributed by atoms with van der Waals surface area (Å²) in [6, 6.07) is 0. The molecule has 0 aromatic heterocycles. The third-order valence-electron chi connectivity index (χ3n) is 2.74. The summed E-state index contributed by atoms with van der Waals surface area (Å²) in [5.74, 6) is 0. The summed E-state index contributed by atoms with van der Waals surface area (Å²) < 4.78 is 42.2. The second-order valence-electron chi connectivity index (χ2n) is 4.02. The molecule has 0 aromatic rings. The number of alkyl halides is 3. The number of rotatable bonds is 3. The highest BCUT2D eigenvalue weighted by Gasteiger charge is 2.40. The molecule has 1 rings (SSSR count). The number of halogens is 3. The molecule has 1 aliphatic rings. The van der Waals surface area contributed by atoms with Gasteiger partial charge in [0.05, 0.1) is 6.10 Å². The lowest BCUT2D eigenvalue weighted by Gasteiger charge is -2.24. The Hall–Kier alpha value is -0.290. The number of ether oxygens (including phenoxy) is 1. The Morgan fingerprint density at radius 2 is 1.67 bits per heavy atom. The van der Waals surface area contributed by atoms with E-state index in [1.54, 1.807) is 0 Å². The van der Waals surface area contributed by atoms with Crippen LogP contribution in [0.15, 0.2) is 0 Å². The minimum atomic E-state index is -4.33.